The molecule has 0 aliphatic heterocycles. The van der Waals surface area contributed by atoms with Gasteiger partial charge >= 0.3 is 0 Å². The molecule has 1 aliphatic carbocycles. The minimum atomic E-state index is 0.0215. The van der Waals surface area contributed by atoms with Crippen molar-refractivity contribution >= 4 is 11.6 Å². The predicted octanol–water partition coefficient (Wildman–Crippen LogP) is 2.07. The van der Waals surface area contributed by atoms with Gasteiger partial charge in [-0.3, -0.25) is 9.78 Å². The van der Waals surface area contributed by atoms with Crippen molar-refractivity contribution in [2.24, 2.45) is 0 Å². The summed E-state index contributed by atoms with van der Waals surface area (Å²) in [6.45, 7) is 2.96. The van der Waals surface area contributed by atoms with Crippen LogP contribution in [0.3, 0.4) is 0 Å². The zero-order valence-corrected chi connectivity index (χ0v) is 10.2. The molecule has 2 rings (SSSR count). The summed E-state index contributed by atoms with van der Waals surface area (Å²) >= 11 is 0. The standard InChI is InChI=1S/C13H19N3O/c1-2-3-8-16(11-4-5-11)13(17)12-9-10(14)6-7-15-12/h6-7,9,11H,2-5,8H2,1H3,(H2,14,15). The lowest BCUT2D eigenvalue weighted by molar-refractivity contribution is 0.0735. The van der Waals surface area contributed by atoms with Crippen molar-refractivity contribution in [1.82, 2.24) is 9.88 Å². The normalized spacial score (nSPS) is 14.6. The van der Waals surface area contributed by atoms with Crippen molar-refractivity contribution in [3.8, 4) is 0 Å². The van der Waals surface area contributed by atoms with Gasteiger partial charge in [-0.2, -0.15) is 0 Å². The lowest BCUT2D eigenvalue weighted by atomic mass is 10.2. The molecule has 4 heteroatoms. The van der Waals surface area contributed by atoms with Crippen LogP contribution in [0.4, 0.5) is 5.69 Å². The second-order valence-corrected chi connectivity index (χ2v) is 4.56. The number of aromatic nitrogens is 1. The van der Waals surface area contributed by atoms with Crippen LogP contribution in [-0.2, 0) is 0 Å². The first-order valence-electron chi connectivity index (χ1n) is 6.25. The van der Waals surface area contributed by atoms with Crippen molar-refractivity contribution < 1.29 is 4.79 Å². The van der Waals surface area contributed by atoms with E-state index < -0.39 is 0 Å². The lowest BCUT2D eigenvalue weighted by Gasteiger charge is -2.21. The second kappa shape index (κ2) is 5.17. The van der Waals surface area contributed by atoms with Crippen LogP contribution < -0.4 is 5.73 Å². The van der Waals surface area contributed by atoms with Gasteiger partial charge < -0.3 is 10.6 Å². The summed E-state index contributed by atoms with van der Waals surface area (Å²) in [6.07, 6.45) is 5.98. The molecule has 1 aliphatic rings. The summed E-state index contributed by atoms with van der Waals surface area (Å²) in [5.41, 5.74) is 6.74. The van der Waals surface area contributed by atoms with E-state index in [2.05, 4.69) is 11.9 Å². The Kier molecular flexibility index (Phi) is 3.61. The van der Waals surface area contributed by atoms with Crippen molar-refractivity contribution in [2.45, 2.75) is 38.6 Å². The first kappa shape index (κ1) is 11.9. The average Bonchev–Trinajstić information content (AvgIpc) is 3.14. The van der Waals surface area contributed by atoms with Crippen LogP contribution in [0.25, 0.3) is 0 Å². The Balaban J connectivity index is 2.10. The van der Waals surface area contributed by atoms with E-state index in [0.717, 1.165) is 32.2 Å². The summed E-state index contributed by atoms with van der Waals surface area (Å²) in [4.78, 5) is 18.3. The molecule has 0 spiro atoms. The first-order valence-corrected chi connectivity index (χ1v) is 6.25. The van der Waals surface area contributed by atoms with Crippen molar-refractivity contribution in [1.29, 1.82) is 0 Å². The van der Waals surface area contributed by atoms with E-state index in [-0.39, 0.29) is 5.91 Å². The van der Waals surface area contributed by atoms with Crippen molar-refractivity contribution in [3.63, 3.8) is 0 Å². The summed E-state index contributed by atoms with van der Waals surface area (Å²) < 4.78 is 0. The maximum absolute atomic E-state index is 12.3. The molecule has 0 unspecified atom stereocenters. The molecule has 0 atom stereocenters. The second-order valence-electron chi connectivity index (χ2n) is 4.56. The number of carbonyl (C=O) groups is 1. The Labute approximate surface area is 102 Å². The zero-order chi connectivity index (χ0) is 12.3. The quantitative estimate of drug-likeness (QED) is 0.847. The van der Waals surface area contributed by atoms with Gasteiger partial charge in [0, 0.05) is 24.5 Å². The molecule has 1 saturated carbocycles. The van der Waals surface area contributed by atoms with E-state index in [9.17, 15) is 4.79 Å². The first-order chi connectivity index (χ1) is 8.22. The molecule has 0 radical (unpaired) electrons. The molecule has 1 amide bonds. The summed E-state index contributed by atoms with van der Waals surface area (Å²) in [6, 6.07) is 3.78. The van der Waals surface area contributed by atoms with Gasteiger partial charge in [0.2, 0.25) is 0 Å². The SMILES string of the molecule is CCCCN(C(=O)c1cc(N)ccn1)C1CC1. The van der Waals surface area contributed by atoms with Gasteiger partial charge in [-0.1, -0.05) is 13.3 Å². The van der Waals surface area contributed by atoms with E-state index >= 15 is 0 Å². The molecule has 0 aromatic carbocycles. The van der Waals surface area contributed by atoms with Crippen LogP contribution >= 0.6 is 0 Å². The van der Waals surface area contributed by atoms with Gasteiger partial charge in [0.1, 0.15) is 5.69 Å². The van der Waals surface area contributed by atoms with Gasteiger partial charge in [0.05, 0.1) is 0 Å². The molecular formula is C13H19N3O. The van der Waals surface area contributed by atoms with Crippen LogP contribution in [0.5, 0.6) is 0 Å². The van der Waals surface area contributed by atoms with E-state index in [1.807, 2.05) is 4.90 Å². The molecule has 0 saturated heterocycles. The lowest BCUT2D eigenvalue weighted by Crippen LogP contribution is -2.34. The van der Waals surface area contributed by atoms with Crippen LogP contribution in [0.1, 0.15) is 43.1 Å². The number of hydrogen-bond donors (Lipinski definition) is 1. The molecule has 0 bridgehead atoms. The molecule has 2 N–H and O–H groups in total. The van der Waals surface area contributed by atoms with E-state index in [1.54, 1.807) is 18.3 Å². The Bertz CT molecular complexity index is 401. The van der Waals surface area contributed by atoms with E-state index in [0.29, 0.717) is 17.4 Å². The molecule has 1 aromatic rings. The summed E-state index contributed by atoms with van der Waals surface area (Å²) in [5.74, 6) is 0.0215. The maximum Gasteiger partial charge on any atom is 0.272 e. The topological polar surface area (TPSA) is 59.2 Å². The number of anilines is 1. The van der Waals surface area contributed by atoms with E-state index in [1.165, 1.54) is 0 Å². The Morgan fingerprint density at radius 3 is 2.94 bits per heavy atom. The molecule has 1 heterocycles. The number of hydrogen-bond acceptors (Lipinski definition) is 3. The van der Waals surface area contributed by atoms with Gasteiger partial charge in [-0.25, -0.2) is 0 Å². The highest BCUT2D eigenvalue weighted by Gasteiger charge is 2.32. The Morgan fingerprint density at radius 2 is 2.35 bits per heavy atom. The fraction of sp³-hybridized carbons (Fsp3) is 0.538. The summed E-state index contributed by atoms with van der Waals surface area (Å²) in [5, 5.41) is 0. The number of carbonyl (C=O) groups excluding carboxylic acids is 1. The third-order valence-electron chi connectivity index (χ3n) is 3.00. The third-order valence-corrected chi connectivity index (χ3v) is 3.00. The van der Waals surface area contributed by atoms with Crippen LogP contribution in [0.2, 0.25) is 0 Å². The van der Waals surface area contributed by atoms with Gasteiger partial charge in [-0.05, 0) is 31.4 Å². The van der Waals surface area contributed by atoms with Crippen LogP contribution in [0.15, 0.2) is 18.3 Å². The fourth-order valence-corrected chi connectivity index (χ4v) is 1.88. The predicted molar refractivity (Wildman–Crippen MR) is 67.6 cm³/mol. The smallest absolute Gasteiger partial charge is 0.272 e. The van der Waals surface area contributed by atoms with Gasteiger partial charge in [0.15, 0.2) is 0 Å². The zero-order valence-electron chi connectivity index (χ0n) is 10.2. The monoisotopic (exact) mass is 233 g/mol. The Morgan fingerprint density at radius 1 is 1.59 bits per heavy atom. The van der Waals surface area contributed by atoms with Gasteiger partial charge in [-0.15, -0.1) is 0 Å². The van der Waals surface area contributed by atoms with Crippen molar-refractivity contribution in [2.75, 3.05) is 12.3 Å². The molecule has 1 aromatic heterocycles. The highest BCUT2D eigenvalue weighted by Crippen LogP contribution is 2.28. The third kappa shape index (κ3) is 2.96. The number of unbranched alkanes of at least 4 members (excludes halogenated alkanes) is 1. The maximum atomic E-state index is 12.3. The molecule has 4 nitrogen and oxygen atoms in total. The number of pyridine rings is 1. The highest BCUT2D eigenvalue weighted by molar-refractivity contribution is 5.93. The highest BCUT2D eigenvalue weighted by atomic mass is 16.2. The van der Waals surface area contributed by atoms with Crippen LogP contribution in [0, 0.1) is 0 Å². The van der Waals surface area contributed by atoms with Gasteiger partial charge in [0.25, 0.3) is 5.91 Å². The Hall–Kier alpha value is -1.58. The average molecular weight is 233 g/mol. The molecule has 92 valence electrons. The van der Waals surface area contributed by atoms with E-state index in [4.69, 9.17) is 5.73 Å². The van der Waals surface area contributed by atoms with Crippen molar-refractivity contribution in [3.05, 3.63) is 24.0 Å². The largest absolute Gasteiger partial charge is 0.399 e. The number of rotatable bonds is 5. The van der Waals surface area contributed by atoms with Crippen LogP contribution in [-0.4, -0.2) is 28.4 Å². The molecule has 17 heavy (non-hydrogen) atoms. The fourth-order valence-electron chi connectivity index (χ4n) is 1.88. The minimum Gasteiger partial charge on any atom is -0.399 e. The number of nitrogens with two attached hydrogens (primary N) is 1. The number of amides is 1. The summed E-state index contributed by atoms with van der Waals surface area (Å²) in [7, 11) is 0. The molecule has 1 fully saturated rings. The number of nitrogen functional groups attached to an aromatic ring is 1. The molecular weight excluding hydrogens is 214 g/mol. The minimum absolute atomic E-state index is 0.0215. The number of nitrogens with zero attached hydrogens (tertiary/aromatic N) is 2.